The molecule has 1 atom stereocenters. The lowest BCUT2D eigenvalue weighted by atomic mass is 9.89. The Labute approximate surface area is 228 Å². The summed E-state index contributed by atoms with van der Waals surface area (Å²) in [5.74, 6) is 0. The third kappa shape index (κ3) is 3.67. The third-order valence-electron chi connectivity index (χ3n) is 7.44. The molecule has 0 saturated heterocycles. The van der Waals surface area contributed by atoms with Gasteiger partial charge >= 0.3 is 0 Å². The predicted octanol–water partition coefficient (Wildman–Crippen LogP) is 9.15. The molecule has 0 bridgehead atoms. The van der Waals surface area contributed by atoms with E-state index >= 15 is 0 Å². The van der Waals surface area contributed by atoms with E-state index < -0.39 is 11.2 Å². The van der Waals surface area contributed by atoms with Crippen molar-refractivity contribution in [1.29, 1.82) is 0 Å². The zero-order chi connectivity index (χ0) is 25.2. The number of ether oxygens (including phenoxy) is 1. The number of benzene rings is 4. The van der Waals surface area contributed by atoms with Crippen LogP contribution in [0.4, 0.5) is 0 Å². The number of nitrogens with zero attached hydrogens (tertiary/aromatic N) is 1. The fraction of sp³-hybridized carbons (Fsp3) is 0.226. The number of halogens is 1. The van der Waals surface area contributed by atoms with E-state index in [-0.39, 0.29) is 4.11 Å². The standard InChI is InChI=1S/C31H28INO2S/c1-30(2,34)31(3,4)35-29(32)23-18-22-20-14-8-10-16-24(20)33(19-12-6-5-7-13-19)27(22)26-21-15-9-11-17-25(21)36-28(23)26/h5-18,29,34H,1-4H3/t29-/m1/s1. The zero-order valence-corrected chi connectivity index (χ0v) is 23.7. The Morgan fingerprint density at radius 2 is 1.47 bits per heavy atom. The maximum Gasteiger partial charge on any atom is 0.136 e. The minimum atomic E-state index is -0.983. The van der Waals surface area contributed by atoms with Crippen molar-refractivity contribution in [2.75, 3.05) is 0 Å². The van der Waals surface area contributed by atoms with E-state index in [1.807, 2.05) is 39.0 Å². The van der Waals surface area contributed by atoms with Gasteiger partial charge in [-0.15, -0.1) is 11.3 Å². The number of fused-ring (bicyclic) bond motifs is 7. The Bertz CT molecular complexity index is 1740. The monoisotopic (exact) mass is 605 g/mol. The molecule has 1 N–H and O–H groups in total. The molecule has 2 aromatic heterocycles. The van der Waals surface area contributed by atoms with Gasteiger partial charge in [0.1, 0.15) is 4.11 Å². The fourth-order valence-electron chi connectivity index (χ4n) is 4.84. The summed E-state index contributed by atoms with van der Waals surface area (Å²) in [6.07, 6.45) is 0. The molecule has 0 amide bonds. The number of thiophene rings is 1. The van der Waals surface area contributed by atoms with Crippen LogP contribution in [0.1, 0.15) is 37.4 Å². The molecular weight excluding hydrogens is 577 g/mol. The highest BCUT2D eigenvalue weighted by molar-refractivity contribution is 14.1. The van der Waals surface area contributed by atoms with E-state index in [1.54, 1.807) is 0 Å². The van der Waals surface area contributed by atoms with Gasteiger partial charge < -0.3 is 14.4 Å². The summed E-state index contributed by atoms with van der Waals surface area (Å²) in [6.45, 7) is 7.53. The molecule has 0 saturated carbocycles. The lowest BCUT2D eigenvalue weighted by molar-refractivity contribution is -0.152. The van der Waals surface area contributed by atoms with Crippen LogP contribution >= 0.6 is 33.9 Å². The molecule has 2 heterocycles. The highest BCUT2D eigenvalue weighted by Gasteiger charge is 2.38. The third-order valence-corrected chi connectivity index (χ3v) is 9.58. The molecule has 0 aliphatic carbocycles. The van der Waals surface area contributed by atoms with Crippen molar-refractivity contribution in [1.82, 2.24) is 4.57 Å². The van der Waals surface area contributed by atoms with Crippen molar-refractivity contribution in [2.24, 2.45) is 0 Å². The molecule has 5 heteroatoms. The summed E-state index contributed by atoms with van der Waals surface area (Å²) < 4.78 is 11.2. The van der Waals surface area contributed by atoms with Gasteiger partial charge in [0.2, 0.25) is 0 Å². The van der Waals surface area contributed by atoms with E-state index in [0.29, 0.717) is 0 Å². The van der Waals surface area contributed by atoms with Gasteiger partial charge in [-0.1, -0.05) is 54.6 Å². The molecule has 0 aliphatic rings. The number of aliphatic hydroxyl groups is 1. The predicted molar refractivity (Wildman–Crippen MR) is 162 cm³/mol. The molecule has 0 fully saturated rings. The largest absolute Gasteiger partial charge is 0.387 e. The molecule has 182 valence electrons. The number of para-hydroxylation sites is 2. The molecular formula is C31H28INO2S. The average molecular weight is 606 g/mol. The second-order valence-electron chi connectivity index (χ2n) is 10.4. The quantitative estimate of drug-likeness (QED) is 0.157. The molecule has 0 spiro atoms. The van der Waals surface area contributed by atoms with Crippen molar-refractivity contribution in [3.05, 3.63) is 90.5 Å². The number of alkyl halides is 1. The van der Waals surface area contributed by atoms with Crippen molar-refractivity contribution in [2.45, 2.75) is 43.0 Å². The minimum absolute atomic E-state index is 0.233. The smallest absolute Gasteiger partial charge is 0.136 e. The summed E-state index contributed by atoms with van der Waals surface area (Å²) in [5.41, 5.74) is 3.00. The van der Waals surface area contributed by atoms with Crippen molar-refractivity contribution < 1.29 is 9.84 Å². The maximum atomic E-state index is 10.8. The molecule has 36 heavy (non-hydrogen) atoms. The van der Waals surface area contributed by atoms with Gasteiger partial charge in [0.25, 0.3) is 0 Å². The molecule has 3 nitrogen and oxygen atoms in total. The van der Waals surface area contributed by atoms with Gasteiger partial charge in [-0.25, -0.2) is 0 Å². The summed E-state index contributed by atoms with van der Waals surface area (Å²) in [6, 6.07) is 30.2. The highest BCUT2D eigenvalue weighted by Crippen LogP contribution is 2.48. The van der Waals surface area contributed by atoms with Crippen LogP contribution < -0.4 is 0 Å². The van der Waals surface area contributed by atoms with Gasteiger partial charge in [-0.05, 0) is 80.6 Å². The number of hydrogen-bond acceptors (Lipinski definition) is 3. The normalized spacial score (nSPS) is 13.8. The second kappa shape index (κ2) is 8.55. The van der Waals surface area contributed by atoms with Crippen LogP contribution in [0, 0.1) is 0 Å². The SMILES string of the molecule is CC(C)(O)C(C)(C)O[C@@H](I)c1cc2c3ccccc3n(-c3ccccc3)c2c2c1sc1ccccc12. The van der Waals surface area contributed by atoms with E-state index in [1.165, 1.54) is 42.0 Å². The Balaban J connectivity index is 1.75. The molecule has 0 unspecified atom stereocenters. The van der Waals surface area contributed by atoms with E-state index in [9.17, 15) is 5.11 Å². The summed E-state index contributed by atoms with van der Waals surface area (Å²) in [7, 11) is 0. The van der Waals surface area contributed by atoms with Crippen molar-refractivity contribution in [3.8, 4) is 5.69 Å². The fourth-order valence-corrected chi connectivity index (χ4v) is 7.42. The van der Waals surface area contributed by atoms with Crippen LogP contribution in [-0.4, -0.2) is 20.9 Å². The molecule has 6 aromatic rings. The minimum Gasteiger partial charge on any atom is -0.387 e. The first-order valence-electron chi connectivity index (χ1n) is 12.1. The topological polar surface area (TPSA) is 34.4 Å². The van der Waals surface area contributed by atoms with Crippen molar-refractivity contribution >= 4 is 75.9 Å². The summed E-state index contributed by atoms with van der Waals surface area (Å²) >= 11 is 4.20. The van der Waals surface area contributed by atoms with E-state index in [4.69, 9.17) is 4.74 Å². The number of hydrogen-bond donors (Lipinski definition) is 1. The lowest BCUT2D eigenvalue weighted by Crippen LogP contribution is -2.47. The zero-order valence-electron chi connectivity index (χ0n) is 20.7. The molecule has 0 aliphatic heterocycles. The van der Waals surface area contributed by atoms with E-state index in [2.05, 4.69) is 112 Å². The van der Waals surface area contributed by atoms with Crippen LogP contribution in [0.25, 0.3) is 47.7 Å². The first kappa shape index (κ1) is 23.9. The van der Waals surface area contributed by atoms with Gasteiger partial charge in [0, 0.05) is 42.2 Å². The molecule has 4 aromatic carbocycles. The van der Waals surface area contributed by atoms with Crippen LogP contribution in [0.3, 0.4) is 0 Å². The van der Waals surface area contributed by atoms with Gasteiger partial charge in [-0.3, -0.25) is 0 Å². The van der Waals surface area contributed by atoms with Gasteiger partial charge in [0.15, 0.2) is 0 Å². The van der Waals surface area contributed by atoms with Crippen LogP contribution in [0.5, 0.6) is 0 Å². The molecule has 6 rings (SSSR count). The maximum absolute atomic E-state index is 10.8. The first-order valence-corrected chi connectivity index (χ1v) is 14.2. The molecule has 0 radical (unpaired) electrons. The number of rotatable bonds is 5. The Hall–Kier alpha value is -2.45. The highest BCUT2D eigenvalue weighted by atomic mass is 127. The van der Waals surface area contributed by atoms with Crippen molar-refractivity contribution in [3.63, 3.8) is 0 Å². The average Bonchev–Trinajstić information content (AvgIpc) is 3.39. The lowest BCUT2D eigenvalue weighted by Gasteiger charge is -2.38. The van der Waals surface area contributed by atoms with Crippen LogP contribution in [0.2, 0.25) is 0 Å². The Morgan fingerprint density at radius 1 is 0.833 bits per heavy atom. The Kier molecular flexibility index (Phi) is 5.68. The summed E-state index contributed by atoms with van der Waals surface area (Å²) in [5, 5.41) is 15.7. The van der Waals surface area contributed by atoms with Gasteiger partial charge in [0.05, 0.1) is 22.2 Å². The number of aromatic nitrogens is 1. The second-order valence-corrected chi connectivity index (χ2v) is 12.5. The van der Waals surface area contributed by atoms with Gasteiger partial charge in [-0.2, -0.15) is 0 Å². The van der Waals surface area contributed by atoms with Crippen LogP contribution in [0.15, 0.2) is 84.9 Å². The first-order chi connectivity index (χ1) is 17.2. The summed E-state index contributed by atoms with van der Waals surface area (Å²) in [4.78, 5) is 0. The Morgan fingerprint density at radius 3 is 2.19 bits per heavy atom. The van der Waals surface area contributed by atoms with E-state index in [0.717, 1.165) is 11.3 Å². The van der Waals surface area contributed by atoms with Crippen LogP contribution in [-0.2, 0) is 4.74 Å².